The molecule has 31 heavy (non-hydrogen) atoms. The smallest absolute Gasteiger partial charge is 0.311 e. The van der Waals surface area contributed by atoms with Crippen LogP contribution in [0.2, 0.25) is 0 Å². The summed E-state index contributed by atoms with van der Waals surface area (Å²) in [6, 6.07) is 6.70. The van der Waals surface area contributed by atoms with E-state index >= 15 is 0 Å². The van der Waals surface area contributed by atoms with E-state index in [0.29, 0.717) is 18.6 Å². The lowest BCUT2D eigenvalue weighted by molar-refractivity contribution is -0.127. The number of carbonyl (C=O) groups excluding carboxylic acids is 2. The van der Waals surface area contributed by atoms with Crippen LogP contribution in [0.4, 0.5) is 4.79 Å². The lowest BCUT2D eigenvalue weighted by Crippen LogP contribution is -2.39. The number of ether oxygens (including phenoxy) is 1. The van der Waals surface area contributed by atoms with Crippen molar-refractivity contribution < 1.29 is 22.7 Å². The molecular weight excluding hydrogens is 438 g/mol. The van der Waals surface area contributed by atoms with E-state index < -0.39 is 21.8 Å². The van der Waals surface area contributed by atoms with Gasteiger partial charge in [-0.15, -0.1) is 0 Å². The number of benzene rings is 1. The summed E-state index contributed by atoms with van der Waals surface area (Å²) in [5, 5.41) is -0.414. The molecule has 174 valence electrons. The highest BCUT2D eigenvalue weighted by Gasteiger charge is 2.24. The Morgan fingerprint density at radius 2 is 1.84 bits per heavy atom. The van der Waals surface area contributed by atoms with E-state index in [9.17, 15) is 18.0 Å². The standard InChI is InChI=1S/C21H33N3O5S2/c1-5-6-7-8-18(23-31(27)28)13-14-24(21(26)30-22-16(2)3)20(25)15-17-9-11-19(29-4)12-10-17/h9-12,16,18,22H,5-8,13-15H2,1-4H3. The van der Waals surface area contributed by atoms with Gasteiger partial charge in [-0.25, -0.2) is 0 Å². The highest BCUT2D eigenvalue weighted by Crippen LogP contribution is 2.17. The maximum atomic E-state index is 12.9. The minimum absolute atomic E-state index is 0.0586. The van der Waals surface area contributed by atoms with E-state index in [1.54, 1.807) is 31.4 Å². The van der Waals surface area contributed by atoms with Gasteiger partial charge in [0.05, 0.1) is 19.6 Å². The SMILES string of the molecule is CCCCCC(CCN(C(=O)Cc1ccc(OC)cc1)C(=O)SNC(C)C)N=S(=O)=O. The van der Waals surface area contributed by atoms with Crippen LogP contribution in [-0.2, 0) is 21.7 Å². The number of imide groups is 1. The maximum absolute atomic E-state index is 12.9. The van der Waals surface area contributed by atoms with Crippen LogP contribution in [0.5, 0.6) is 5.75 Å². The zero-order valence-electron chi connectivity index (χ0n) is 18.7. The number of nitrogens with zero attached hydrogens (tertiary/aromatic N) is 2. The Bertz CT molecular complexity index is 818. The largest absolute Gasteiger partial charge is 0.497 e. The van der Waals surface area contributed by atoms with Gasteiger partial charge in [0, 0.05) is 24.5 Å². The molecule has 1 atom stereocenters. The summed E-state index contributed by atoms with van der Waals surface area (Å²) in [6.07, 6.45) is 3.80. The summed E-state index contributed by atoms with van der Waals surface area (Å²) in [6.45, 7) is 5.97. The molecule has 10 heteroatoms. The molecule has 2 amide bonds. The molecule has 0 radical (unpaired) electrons. The highest BCUT2D eigenvalue weighted by atomic mass is 32.2. The van der Waals surface area contributed by atoms with Crippen molar-refractivity contribution in [3.05, 3.63) is 29.8 Å². The van der Waals surface area contributed by atoms with Crippen molar-refractivity contribution in [2.75, 3.05) is 13.7 Å². The summed E-state index contributed by atoms with van der Waals surface area (Å²) in [5.41, 5.74) is 0.760. The molecule has 1 rings (SSSR count). The third-order valence-corrected chi connectivity index (χ3v) is 5.93. The molecular formula is C21H33N3O5S2. The van der Waals surface area contributed by atoms with Crippen molar-refractivity contribution >= 4 is 33.6 Å². The van der Waals surface area contributed by atoms with Crippen LogP contribution >= 0.6 is 11.9 Å². The zero-order valence-corrected chi connectivity index (χ0v) is 20.3. The van der Waals surface area contributed by atoms with Crippen molar-refractivity contribution in [2.45, 2.75) is 71.4 Å². The number of carbonyl (C=O) groups is 2. The lowest BCUT2D eigenvalue weighted by atomic mass is 10.1. The van der Waals surface area contributed by atoms with Crippen molar-refractivity contribution in [3.63, 3.8) is 0 Å². The molecule has 8 nitrogen and oxygen atoms in total. The highest BCUT2D eigenvalue weighted by molar-refractivity contribution is 8.11. The number of methoxy groups -OCH3 is 1. The van der Waals surface area contributed by atoms with Crippen LogP contribution in [0.3, 0.4) is 0 Å². The second-order valence-electron chi connectivity index (χ2n) is 7.47. The molecule has 0 aromatic heterocycles. The zero-order chi connectivity index (χ0) is 23.2. The number of amides is 2. The topological polar surface area (TPSA) is 105 Å². The Balaban J connectivity index is 2.90. The Morgan fingerprint density at radius 1 is 1.16 bits per heavy atom. The monoisotopic (exact) mass is 471 g/mol. The second-order valence-corrected chi connectivity index (χ2v) is 8.91. The average molecular weight is 472 g/mol. The fraction of sp³-hybridized carbons (Fsp3) is 0.619. The molecule has 1 N–H and O–H groups in total. The molecule has 0 aliphatic heterocycles. The van der Waals surface area contributed by atoms with Crippen LogP contribution in [-0.4, -0.2) is 50.2 Å². The molecule has 0 spiro atoms. The van der Waals surface area contributed by atoms with Crippen LogP contribution in [0.1, 0.15) is 58.4 Å². The summed E-state index contributed by atoms with van der Waals surface area (Å²) in [5.74, 6) is 0.340. The minimum atomic E-state index is -2.52. The first-order chi connectivity index (χ1) is 14.8. The third-order valence-electron chi connectivity index (χ3n) is 4.48. The first-order valence-corrected chi connectivity index (χ1v) is 12.3. The third kappa shape index (κ3) is 11.3. The number of hydrogen-bond donors (Lipinski definition) is 1. The van der Waals surface area contributed by atoms with Gasteiger partial charge in [0.15, 0.2) is 0 Å². The summed E-state index contributed by atoms with van der Waals surface area (Å²) >= 11 is 0.868. The molecule has 0 saturated heterocycles. The molecule has 0 aliphatic carbocycles. The fourth-order valence-electron chi connectivity index (χ4n) is 2.83. The molecule has 1 aromatic carbocycles. The van der Waals surface area contributed by atoms with Crippen molar-refractivity contribution in [2.24, 2.45) is 4.36 Å². The molecule has 0 fully saturated rings. The number of nitrogens with one attached hydrogen (secondary N) is 1. The summed E-state index contributed by atoms with van der Waals surface area (Å²) < 4.78 is 34.0. The summed E-state index contributed by atoms with van der Waals surface area (Å²) in [7, 11) is -0.958. The maximum Gasteiger partial charge on any atom is 0.311 e. The van der Waals surface area contributed by atoms with E-state index in [1.807, 2.05) is 13.8 Å². The van der Waals surface area contributed by atoms with Crippen LogP contribution < -0.4 is 9.46 Å². The minimum Gasteiger partial charge on any atom is -0.497 e. The Hall–Kier alpha value is -1.91. The van der Waals surface area contributed by atoms with Gasteiger partial charge in [0.2, 0.25) is 5.91 Å². The van der Waals surface area contributed by atoms with Gasteiger partial charge >= 0.3 is 15.7 Å². The van der Waals surface area contributed by atoms with Gasteiger partial charge in [-0.05, 0) is 44.4 Å². The quantitative estimate of drug-likeness (QED) is 0.339. The summed E-state index contributed by atoms with van der Waals surface area (Å²) in [4.78, 5) is 26.8. The second kappa shape index (κ2) is 15.0. The van der Waals surface area contributed by atoms with Gasteiger partial charge in [-0.3, -0.25) is 19.2 Å². The van der Waals surface area contributed by atoms with E-state index in [1.165, 1.54) is 4.90 Å². The molecule has 0 heterocycles. The van der Waals surface area contributed by atoms with Gasteiger partial charge in [0.25, 0.3) is 0 Å². The average Bonchev–Trinajstić information content (AvgIpc) is 2.72. The fourth-order valence-corrected chi connectivity index (χ4v) is 3.93. The van der Waals surface area contributed by atoms with Gasteiger partial charge in [-0.1, -0.05) is 38.3 Å². The lowest BCUT2D eigenvalue weighted by Gasteiger charge is -2.22. The Morgan fingerprint density at radius 3 is 2.39 bits per heavy atom. The number of hydrogen-bond acceptors (Lipinski definition) is 8. The number of rotatable bonds is 13. The molecule has 1 unspecified atom stereocenters. The van der Waals surface area contributed by atoms with Crippen molar-refractivity contribution in [1.29, 1.82) is 0 Å². The van der Waals surface area contributed by atoms with E-state index in [0.717, 1.165) is 36.8 Å². The Labute approximate surface area is 191 Å². The van der Waals surface area contributed by atoms with Crippen molar-refractivity contribution in [3.8, 4) is 5.75 Å². The normalized spacial score (nSPS) is 11.8. The van der Waals surface area contributed by atoms with Crippen molar-refractivity contribution in [1.82, 2.24) is 9.62 Å². The van der Waals surface area contributed by atoms with Gasteiger partial charge in [0.1, 0.15) is 5.75 Å². The van der Waals surface area contributed by atoms with Gasteiger partial charge in [-0.2, -0.15) is 12.8 Å². The predicted octanol–water partition coefficient (Wildman–Crippen LogP) is 4.23. The van der Waals surface area contributed by atoms with Crippen LogP contribution in [0.15, 0.2) is 28.6 Å². The van der Waals surface area contributed by atoms with E-state index in [2.05, 4.69) is 16.0 Å². The van der Waals surface area contributed by atoms with Crippen LogP contribution in [0.25, 0.3) is 0 Å². The molecule has 0 aliphatic rings. The molecule has 0 bridgehead atoms. The molecule has 1 aromatic rings. The van der Waals surface area contributed by atoms with E-state index in [4.69, 9.17) is 4.74 Å². The number of unbranched alkanes of at least 4 members (excludes halogenated alkanes) is 2. The molecule has 0 saturated carbocycles. The van der Waals surface area contributed by atoms with Crippen LogP contribution in [0, 0.1) is 0 Å². The first kappa shape index (κ1) is 27.1. The predicted molar refractivity (Wildman–Crippen MR) is 124 cm³/mol. The first-order valence-electron chi connectivity index (χ1n) is 10.5. The van der Waals surface area contributed by atoms with Gasteiger partial charge < -0.3 is 4.74 Å². The Kier molecular flexibility index (Phi) is 13.1. The van der Waals surface area contributed by atoms with E-state index in [-0.39, 0.29) is 24.9 Å².